The largest absolute Gasteiger partial charge is 0.324 e. The molecule has 0 fully saturated rings. The predicted octanol–water partition coefficient (Wildman–Crippen LogP) is 2.42. The van der Waals surface area contributed by atoms with Gasteiger partial charge in [-0.25, -0.2) is 13.1 Å². The second kappa shape index (κ2) is 5.61. The molecule has 1 aromatic carbocycles. The van der Waals surface area contributed by atoms with E-state index in [4.69, 9.17) is 5.73 Å². The lowest BCUT2D eigenvalue weighted by molar-refractivity contribution is 0.317. The molecule has 1 rings (SSSR count). The number of hydrogen-bond acceptors (Lipinski definition) is 3. The molecule has 0 radical (unpaired) electrons. The van der Waals surface area contributed by atoms with E-state index in [1.54, 1.807) is 18.2 Å². The Morgan fingerprint density at radius 3 is 2.26 bits per heavy atom. The lowest BCUT2D eigenvalue weighted by Crippen LogP contribution is -2.41. The molecule has 1 aromatic rings. The highest BCUT2D eigenvalue weighted by atomic mass is 32.2. The highest BCUT2D eigenvalue weighted by Gasteiger charge is 2.26. The first kappa shape index (κ1) is 16.1. The van der Waals surface area contributed by atoms with Crippen LogP contribution in [0.1, 0.15) is 46.2 Å². The molecular formula is C14H24N2O2S. The number of rotatable bonds is 4. The van der Waals surface area contributed by atoms with Crippen LogP contribution in [-0.4, -0.2) is 14.5 Å². The third kappa shape index (κ3) is 4.30. The summed E-state index contributed by atoms with van der Waals surface area (Å²) in [4.78, 5) is 0.262. The van der Waals surface area contributed by atoms with Crippen LogP contribution in [0.2, 0.25) is 0 Å². The van der Waals surface area contributed by atoms with Gasteiger partial charge in [0.15, 0.2) is 0 Å². The molecule has 108 valence electrons. The Kier molecular flexibility index (Phi) is 4.76. The summed E-state index contributed by atoms with van der Waals surface area (Å²) in [6.07, 6.45) is 0. The fourth-order valence-electron chi connectivity index (χ4n) is 1.44. The van der Waals surface area contributed by atoms with E-state index >= 15 is 0 Å². The molecule has 0 saturated carbocycles. The maximum Gasteiger partial charge on any atom is 0.240 e. The SMILES string of the molecule is CC(N)c1cccc(S(=O)(=O)NC(C)C(C)(C)C)c1. The first-order valence-corrected chi connectivity index (χ1v) is 7.90. The number of nitrogens with two attached hydrogens (primary N) is 1. The van der Waals surface area contributed by atoms with Crippen molar-refractivity contribution >= 4 is 10.0 Å². The summed E-state index contributed by atoms with van der Waals surface area (Å²) in [5, 5.41) is 0. The Hall–Kier alpha value is -0.910. The monoisotopic (exact) mass is 284 g/mol. The smallest absolute Gasteiger partial charge is 0.240 e. The molecule has 0 aliphatic heterocycles. The summed E-state index contributed by atoms with van der Waals surface area (Å²) in [5.74, 6) is 0. The van der Waals surface area contributed by atoms with Crippen molar-refractivity contribution < 1.29 is 8.42 Å². The molecule has 0 heterocycles. The second-order valence-corrected chi connectivity index (χ2v) is 7.78. The van der Waals surface area contributed by atoms with Gasteiger partial charge in [0.1, 0.15) is 0 Å². The van der Waals surface area contributed by atoms with Gasteiger partial charge in [-0.15, -0.1) is 0 Å². The zero-order valence-corrected chi connectivity index (χ0v) is 13.1. The van der Waals surface area contributed by atoms with Crippen molar-refractivity contribution in [2.24, 2.45) is 11.1 Å². The third-order valence-corrected chi connectivity index (χ3v) is 4.86. The first-order valence-electron chi connectivity index (χ1n) is 6.42. The topological polar surface area (TPSA) is 72.2 Å². The van der Waals surface area contributed by atoms with Crippen molar-refractivity contribution in [3.8, 4) is 0 Å². The van der Waals surface area contributed by atoms with Crippen LogP contribution in [0.3, 0.4) is 0 Å². The van der Waals surface area contributed by atoms with Crippen LogP contribution in [0.15, 0.2) is 29.2 Å². The normalized spacial score (nSPS) is 16.1. The molecule has 2 atom stereocenters. The summed E-state index contributed by atoms with van der Waals surface area (Å²) in [7, 11) is -3.50. The average molecular weight is 284 g/mol. The van der Waals surface area contributed by atoms with E-state index in [2.05, 4.69) is 4.72 Å². The molecule has 0 saturated heterocycles. The predicted molar refractivity (Wildman–Crippen MR) is 78.3 cm³/mol. The van der Waals surface area contributed by atoms with Crippen LogP contribution in [0, 0.1) is 5.41 Å². The fraction of sp³-hybridized carbons (Fsp3) is 0.571. The Balaban J connectivity index is 3.04. The summed E-state index contributed by atoms with van der Waals surface area (Å²) in [5.41, 5.74) is 6.46. The maximum absolute atomic E-state index is 12.3. The molecule has 0 aliphatic rings. The standard InChI is InChI=1S/C14H24N2O2S/c1-10(15)12-7-6-8-13(9-12)19(17,18)16-11(2)14(3,4)5/h6-11,16H,15H2,1-5H3. The van der Waals surface area contributed by atoms with Crippen LogP contribution in [0.25, 0.3) is 0 Å². The Morgan fingerprint density at radius 2 is 1.79 bits per heavy atom. The number of sulfonamides is 1. The van der Waals surface area contributed by atoms with E-state index in [-0.39, 0.29) is 22.4 Å². The van der Waals surface area contributed by atoms with E-state index in [0.29, 0.717) is 0 Å². The highest BCUT2D eigenvalue weighted by Crippen LogP contribution is 2.22. The van der Waals surface area contributed by atoms with Gasteiger partial charge in [-0.2, -0.15) is 0 Å². The molecule has 5 heteroatoms. The number of hydrogen-bond donors (Lipinski definition) is 2. The molecule has 2 unspecified atom stereocenters. The summed E-state index contributed by atoms with van der Waals surface area (Å²) >= 11 is 0. The van der Waals surface area contributed by atoms with E-state index in [9.17, 15) is 8.42 Å². The van der Waals surface area contributed by atoms with Crippen LogP contribution < -0.4 is 10.5 Å². The van der Waals surface area contributed by atoms with Gasteiger partial charge in [-0.05, 0) is 37.0 Å². The summed E-state index contributed by atoms with van der Waals surface area (Å²) in [6.45, 7) is 9.69. The highest BCUT2D eigenvalue weighted by molar-refractivity contribution is 7.89. The van der Waals surface area contributed by atoms with Gasteiger partial charge < -0.3 is 5.73 Å². The minimum atomic E-state index is -3.50. The molecule has 0 aliphatic carbocycles. The minimum absolute atomic E-state index is 0.133. The van der Waals surface area contributed by atoms with Crippen molar-refractivity contribution in [1.82, 2.24) is 4.72 Å². The van der Waals surface area contributed by atoms with Crippen molar-refractivity contribution in [3.05, 3.63) is 29.8 Å². The zero-order valence-electron chi connectivity index (χ0n) is 12.3. The lowest BCUT2D eigenvalue weighted by Gasteiger charge is -2.27. The van der Waals surface area contributed by atoms with Gasteiger partial charge in [0.05, 0.1) is 4.90 Å². The van der Waals surface area contributed by atoms with Gasteiger partial charge in [0, 0.05) is 12.1 Å². The number of benzene rings is 1. The molecule has 0 bridgehead atoms. The van der Waals surface area contributed by atoms with Crippen molar-refractivity contribution in [2.45, 2.75) is 51.6 Å². The van der Waals surface area contributed by atoms with Crippen LogP contribution in [0.5, 0.6) is 0 Å². The Bertz CT molecular complexity index is 531. The molecule has 3 N–H and O–H groups in total. The minimum Gasteiger partial charge on any atom is -0.324 e. The average Bonchev–Trinajstić information content (AvgIpc) is 2.27. The molecule has 0 spiro atoms. The van der Waals surface area contributed by atoms with Gasteiger partial charge in [0.2, 0.25) is 10.0 Å². The lowest BCUT2D eigenvalue weighted by atomic mass is 9.89. The van der Waals surface area contributed by atoms with Gasteiger partial charge in [-0.1, -0.05) is 32.9 Å². The van der Waals surface area contributed by atoms with Gasteiger partial charge in [0.25, 0.3) is 0 Å². The molecular weight excluding hydrogens is 260 g/mol. The zero-order chi connectivity index (χ0) is 14.8. The quantitative estimate of drug-likeness (QED) is 0.892. The van der Waals surface area contributed by atoms with E-state index in [1.165, 1.54) is 0 Å². The Morgan fingerprint density at radius 1 is 1.21 bits per heavy atom. The van der Waals surface area contributed by atoms with Gasteiger partial charge in [-0.3, -0.25) is 0 Å². The summed E-state index contributed by atoms with van der Waals surface area (Å²) < 4.78 is 27.3. The molecule has 19 heavy (non-hydrogen) atoms. The number of nitrogens with one attached hydrogen (secondary N) is 1. The summed E-state index contributed by atoms with van der Waals surface area (Å²) in [6, 6.07) is 6.42. The van der Waals surface area contributed by atoms with Crippen LogP contribution >= 0.6 is 0 Å². The van der Waals surface area contributed by atoms with E-state index < -0.39 is 10.0 Å². The van der Waals surface area contributed by atoms with Crippen molar-refractivity contribution in [2.75, 3.05) is 0 Å². The molecule has 4 nitrogen and oxygen atoms in total. The Labute approximate surface area is 116 Å². The van der Waals surface area contributed by atoms with Crippen molar-refractivity contribution in [3.63, 3.8) is 0 Å². The van der Waals surface area contributed by atoms with Gasteiger partial charge >= 0.3 is 0 Å². The van der Waals surface area contributed by atoms with E-state index in [1.807, 2.05) is 40.7 Å². The fourth-order valence-corrected chi connectivity index (χ4v) is 2.95. The molecule has 0 aromatic heterocycles. The van der Waals surface area contributed by atoms with Crippen molar-refractivity contribution in [1.29, 1.82) is 0 Å². The van der Waals surface area contributed by atoms with Crippen LogP contribution in [-0.2, 0) is 10.0 Å². The molecule has 0 amide bonds. The third-order valence-electron chi connectivity index (χ3n) is 3.33. The van der Waals surface area contributed by atoms with Crippen LogP contribution in [0.4, 0.5) is 0 Å². The van der Waals surface area contributed by atoms with E-state index in [0.717, 1.165) is 5.56 Å². The second-order valence-electron chi connectivity index (χ2n) is 6.07. The first-order chi connectivity index (χ1) is 8.54. The maximum atomic E-state index is 12.3.